The van der Waals surface area contributed by atoms with Gasteiger partial charge in [-0.15, -0.1) is 0 Å². The fourth-order valence-corrected chi connectivity index (χ4v) is 4.90. The molecule has 2 atom stereocenters. The maximum atomic E-state index is 14.0. The number of hydrogen-bond acceptors (Lipinski definition) is 4. The molecule has 2 aliphatic rings. The lowest BCUT2D eigenvalue weighted by Crippen LogP contribution is -2.49. The summed E-state index contributed by atoms with van der Waals surface area (Å²) in [6.45, 7) is 2.03. The number of piperazine rings is 1. The second-order valence-electron chi connectivity index (χ2n) is 8.66. The van der Waals surface area contributed by atoms with Gasteiger partial charge in [0.25, 0.3) is 5.91 Å². The first-order valence-corrected chi connectivity index (χ1v) is 11.9. The van der Waals surface area contributed by atoms with Crippen LogP contribution in [-0.2, 0) is 0 Å². The second kappa shape index (κ2) is 9.28. The predicted molar refractivity (Wildman–Crippen MR) is 129 cm³/mol. The Hall–Kier alpha value is -2.91. The molecule has 6 nitrogen and oxygen atoms in total. The van der Waals surface area contributed by atoms with E-state index < -0.39 is 18.3 Å². The summed E-state index contributed by atoms with van der Waals surface area (Å²) in [6, 6.07) is 13.1. The highest BCUT2D eigenvalue weighted by molar-refractivity contribution is 6.31. The molecule has 184 valence electrons. The Kier molecular flexibility index (Phi) is 6.31. The van der Waals surface area contributed by atoms with E-state index in [1.165, 1.54) is 6.07 Å². The molecule has 1 aromatic heterocycles. The van der Waals surface area contributed by atoms with Crippen LogP contribution in [0.25, 0.3) is 0 Å². The predicted octanol–water partition coefficient (Wildman–Crippen LogP) is 5.81. The number of halogens is 5. The standard InChI is InChI=1S/C24H22Cl2F3N5O/c25-16-6-4-15(5-7-16)19-13-21(24(27,28)29)34-22(30-19)14-20(31-34)23(35)33-10-8-32(9-11-33)18-3-1-2-17(26)12-18/h1-7,12,14,19,21,30H,8-11,13H2/t19-,21+/m0/s1. The third-order valence-corrected chi connectivity index (χ3v) is 6.91. The Balaban J connectivity index is 1.34. The van der Waals surface area contributed by atoms with Gasteiger partial charge in [-0.05, 0) is 35.9 Å². The molecule has 35 heavy (non-hydrogen) atoms. The molecule has 1 saturated heterocycles. The smallest absolute Gasteiger partial charge is 0.368 e. The first-order valence-electron chi connectivity index (χ1n) is 11.2. The third-order valence-electron chi connectivity index (χ3n) is 6.42. The number of hydrogen-bond donors (Lipinski definition) is 1. The highest BCUT2D eigenvalue weighted by atomic mass is 35.5. The van der Waals surface area contributed by atoms with Crippen molar-refractivity contribution in [3.05, 3.63) is 75.9 Å². The van der Waals surface area contributed by atoms with Gasteiger partial charge in [0.15, 0.2) is 11.7 Å². The van der Waals surface area contributed by atoms with Gasteiger partial charge in [-0.25, -0.2) is 4.68 Å². The van der Waals surface area contributed by atoms with Crippen LogP contribution in [0, 0.1) is 0 Å². The van der Waals surface area contributed by atoms with E-state index in [-0.39, 0.29) is 23.8 Å². The number of rotatable bonds is 3. The van der Waals surface area contributed by atoms with Gasteiger partial charge in [0.1, 0.15) is 5.82 Å². The van der Waals surface area contributed by atoms with Crippen molar-refractivity contribution in [1.29, 1.82) is 0 Å². The molecule has 1 amide bonds. The Labute approximate surface area is 210 Å². The van der Waals surface area contributed by atoms with Gasteiger partial charge in [-0.1, -0.05) is 41.4 Å². The molecule has 3 aromatic rings. The van der Waals surface area contributed by atoms with Gasteiger partial charge in [0.2, 0.25) is 0 Å². The maximum absolute atomic E-state index is 14.0. The van der Waals surface area contributed by atoms with Crippen molar-refractivity contribution in [3.63, 3.8) is 0 Å². The third kappa shape index (κ3) is 4.92. The zero-order valence-corrected chi connectivity index (χ0v) is 20.0. The Morgan fingerprint density at radius 2 is 1.69 bits per heavy atom. The van der Waals surface area contributed by atoms with Gasteiger partial charge in [-0.2, -0.15) is 18.3 Å². The topological polar surface area (TPSA) is 53.4 Å². The second-order valence-corrected chi connectivity index (χ2v) is 9.53. The number of aromatic nitrogens is 2. The lowest BCUT2D eigenvalue weighted by atomic mass is 9.97. The minimum Gasteiger partial charge on any atom is -0.368 e. The van der Waals surface area contributed by atoms with Crippen molar-refractivity contribution in [1.82, 2.24) is 14.7 Å². The number of carbonyl (C=O) groups excluding carboxylic acids is 1. The molecule has 2 aliphatic heterocycles. The number of nitrogens with one attached hydrogen (secondary N) is 1. The fraction of sp³-hybridized carbons (Fsp3) is 0.333. The van der Waals surface area contributed by atoms with Crippen molar-refractivity contribution in [2.24, 2.45) is 0 Å². The first-order chi connectivity index (χ1) is 16.7. The highest BCUT2D eigenvalue weighted by Gasteiger charge is 2.47. The van der Waals surface area contributed by atoms with Crippen molar-refractivity contribution in [2.75, 3.05) is 36.4 Å². The zero-order chi connectivity index (χ0) is 24.7. The number of fused-ring (bicyclic) bond motifs is 1. The van der Waals surface area contributed by atoms with Gasteiger partial charge < -0.3 is 15.1 Å². The zero-order valence-electron chi connectivity index (χ0n) is 18.5. The summed E-state index contributed by atoms with van der Waals surface area (Å²) in [5.41, 5.74) is 1.64. The molecule has 5 rings (SSSR count). The molecule has 0 spiro atoms. The Bertz CT molecular complexity index is 1220. The van der Waals surface area contributed by atoms with Crippen molar-refractivity contribution < 1.29 is 18.0 Å². The molecule has 0 unspecified atom stereocenters. The van der Waals surface area contributed by atoms with E-state index in [0.717, 1.165) is 10.4 Å². The maximum Gasteiger partial charge on any atom is 0.410 e. The number of alkyl halides is 3. The molecule has 2 aromatic carbocycles. The summed E-state index contributed by atoms with van der Waals surface area (Å²) in [5.74, 6) is -0.220. The van der Waals surface area contributed by atoms with E-state index in [2.05, 4.69) is 15.3 Å². The van der Waals surface area contributed by atoms with E-state index in [1.54, 1.807) is 35.2 Å². The van der Waals surface area contributed by atoms with Crippen LogP contribution >= 0.6 is 23.2 Å². The molecule has 1 fully saturated rings. The highest BCUT2D eigenvalue weighted by Crippen LogP contribution is 2.43. The molecular formula is C24H22Cl2F3N5O. The van der Waals surface area contributed by atoms with Crippen LogP contribution in [0.2, 0.25) is 10.0 Å². The first kappa shape index (κ1) is 23.8. The van der Waals surface area contributed by atoms with Crippen LogP contribution in [0.1, 0.15) is 34.6 Å². The monoisotopic (exact) mass is 523 g/mol. The van der Waals surface area contributed by atoms with Crippen molar-refractivity contribution >= 4 is 40.6 Å². The summed E-state index contributed by atoms with van der Waals surface area (Å²) in [5, 5.41) is 8.35. The van der Waals surface area contributed by atoms with E-state index >= 15 is 0 Å². The van der Waals surface area contributed by atoms with Crippen LogP contribution < -0.4 is 10.2 Å². The quantitative estimate of drug-likeness (QED) is 0.470. The average molecular weight is 524 g/mol. The molecule has 0 bridgehead atoms. The molecule has 0 aliphatic carbocycles. The number of amides is 1. The van der Waals surface area contributed by atoms with Crippen molar-refractivity contribution in [3.8, 4) is 0 Å². The van der Waals surface area contributed by atoms with Crippen LogP contribution in [0.4, 0.5) is 24.7 Å². The van der Waals surface area contributed by atoms with Gasteiger partial charge in [0.05, 0.1) is 6.04 Å². The average Bonchev–Trinajstić information content (AvgIpc) is 3.27. The summed E-state index contributed by atoms with van der Waals surface area (Å²) < 4.78 is 42.7. The minimum absolute atomic E-state index is 0.00490. The summed E-state index contributed by atoms with van der Waals surface area (Å²) in [4.78, 5) is 16.9. The van der Waals surface area contributed by atoms with E-state index in [9.17, 15) is 18.0 Å². The lowest BCUT2D eigenvalue weighted by molar-refractivity contribution is -0.173. The number of carbonyl (C=O) groups is 1. The summed E-state index contributed by atoms with van der Waals surface area (Å²) in [7, 11) is 0. The molecule has 1 N–H and O–H groups in total. The summed E-state index contributed by atoms with van der Waals surface area (Å²) >= 11 is 12.0. The number of benzene rings is 2. The van der Waals surface area contributed by atoms with E-state index in [0.29, 0.717) is 41.8 Å². The number of nitrogens with zero attached hydrogens (tertiary/aromatic N) is 4. The van der Waals surface area contributed by atoms with Crippen LogP contribution in [0.5, 0.6) is 0 Å². The number of anilines is 2. The molecular weight excluding hydrogens is 502 g/mol. The summed E-state index contributed by atoms with van der Waals surface area (Å²) in [6.07, 6.45) is -4.76. The minimum atomic E-state index is -4.52. The Morgan fingerprint density at radius 3 is 2.34 bits per heavy atom. The molecule has 0 radical (unpaired) electrons. The lowest BCUT2D eigenvalue weighted by Gasteiger charge is -2.35. The SMILES string of the molecule is O=C(c1cc2n(n1)[C@@H](C(F)(F)F)C[C@@H](c1ccc(Cl)cc1)N2)N1CCN(c2cccc(Cl)c2)CC1. The van der Waals surface area contributed by atoms with Gasteiger partial charge in [-0.3, -0.25) is 4.79 Å². The molecule has 3 heterocycles. The Morgan fingerprint density at radius 1 is 0.971 bits per heavy atom. The van der Waals surface area contributed by atoms with Crippen LogP contribution in [0.15, 0.2) is 54.6 Å². The normalized spacial score (nSPS) is 20.4. The van der Waals surface area contributed by atoms with Crippen LogP contribution in [0.3, 0.4) is 0 Å². The van der Waals surface area contributed by atoms with Gasteiger partial charge >= 0.3 is 6.18 Å². The molecule has 0 saturated carbocycles. The van der Waals surface area contributed by atoms with E-state index in [4.69, 9.17) is 23.2 Å². The van der Waals surface area contributed by atoms with E-state index in [1.807, 2.05) is 18.2 Å². The van der Waals surface area contributed by atoms with Crippen LogP contribution in [-0.4, -0.2) is 52.9 Å². The largest absolute Gasteiger partial charge is 0.410 e. The van der Waals surface area contributed by atoms with Crippen molar-refractivity contribution in [2.45, 2.75) is 24.7 Å². The fourth-order valence-electron chi connectivity index (χ4n) is 4.59. The van der Waals surface area contributed by atoms with Gasteiger partial charge in [0, 0.05) is 54.4 Å². The molecule has 11 heteroatoms.